The minimum atomic E-state index is -0.799. The Balaban J connectivity index is 3.47. The lowest BCUT2D eigenvalue weighted by Gasteiger charge is -2.20. The first-order valence-corrected chi connectivity index (χ1v) is 3.93. The second-order valence-corrected chi connectivity index (χ2v) is 2.38. The molecule has 0 aromatic carbocycles. The van der Waals surface area contributed by atoms with Gasteiger partial charge in [-0.15, -0.1) is 0 Å². The molecule has 0 aromatic rings. The summed E-state index contributed by atoms with van der Waals surface area (Å²) in [5.74, 6) is 0. The van der Waals surface area contributed by atoms with Gasteiger partial charge in [-0.25, -0.2) is 0 Å². The van der Waals surface area contributed by atoms with Crippen LogP contribution < -0.4 is 11.1 Å². The Morgan fingerprint density at radius 3 is 2.42 bits per heavy atom. The molecule has 0 radical (unpaired) electrons. The molecule has 0 aromatic heterocycles. The van der Waals surface area contributed by atoms with E-state index in [0.717, 1.165) is 6.42 Å². The minimum Gasteiger partial charge on any atom is -0.373 e. The largest absolute Gasteiger partial charge is 0.373 e. The summed E-state index contributed by atoms with van der Waals surface area (Å²) >= 11 is 0. The quantitative estimate of drug-likeness (QED) is 0.339. The van der Waals surface area contributed by atoms with Crippen LogP contribution in [0.3, 0.4) is 0 Å². The van der Waals surface area contributed by atoms with Crippen molar-refractivity contribution in [2.24, 2.45) is 5.73 Å². The van der Waals surface area contributed by atoms with Crippen molar-refractivity contribution in [1.29, 1.82) is 0 Å². The molecule has 4 N–H and O–H groups in total. The molecule has 0 spiro atoms. The molecule has 0 aliphatic carbocycles. The number of hydrogen-bond donors (Lipinski definition) is 3. The Hall–Kier alpha value is -0.200. The Labute approximate surface area is 72.8 Å². The van der Waals surface area contributed by atoms with Gasteiger partial charge in [0.05, 0.1) is 0 Å². The molecule has 5 nitrogen and oxygen atoms in total. The van der Waals surface area contributed by atoms with E-state index in [0.29, 0.717) is 13.1 Å². The Morgan fingerprint density at radius 1 is 1.42 bits per heavy atom. The van der Waals surface area contributed by atoms with Crippen molar-refractivity contribution in [1.82, 2.24) is 5.32 Å². The van der Waals surface area contributed by atoms with Crippen LogP contribution >= 0.6 is 0 Å². The summed E-state index contributed by atoms with van der Waals surface area (Å²) in [6.45, 7) is 1.26. The Bertz CT molecular complexity index is 98.7. The molecular formula is C7H18N2O3. The number of aliphatic hydroxyl groups excluding tert-OH is 1. The first-order valence-electron chi connectivity index (χ1n) is 3.93. The second kappa shape index (κ2) is 7.45. The third-order valence-corrected chi connectivity index (χ3v) is 1.46. The van der Waals surface area contributed by atoms with Crippen LogP contribution in [0.15, 0.2) is 0 Å². The van der Waals surface area contributed by atoms with Gasteiger partial charge in [0.15, 0.2) is 12.5 Å². The highest BCUT2D eigenvalue weighted by molar-refractivity contribution is 4.57. The van der Waals surface area contributed by atoms with Crippen molar-refractivity contribution in [2.75, 3.05) is 27.3 Å². The van der Waals surface area contributed by atoms with Gasteiger partial charge < -0.3 is 20.3 Å². The molecule has 0 saturated carbocycles. The van der Waals surface area contributed by atoms with Crippen LogP contribution in [0.5, 0.6) is 0 Å². The number of ether oxygens (including phenoxy) is 2. The Morgan fingerprint density at radius 2 is 2.00 bits per heavy atom. The van der Waals surface area contributed by atoms with Crippen LogP contribution in [-0.2, 0) is 9.47 Å². The van der Waals surface area contributed by atoms with Gasteiger partial charge in [-0.2, -0.15) is 0 Å². The van der Waals surface area contributed by atoms with E-state index in [9.17, 15) is 5.11 Å². The predicted molar refractivity (Wildman–Crippen MR) is 45.5 cm³/mol. The maximum absolute atomic E-state index is 9.33. The topological polar surface area (TPSA) is 76.7 Å². The van der Waals surface area contributed by atoms with Gasteiger partial charge in [-0.3, -0.25) is 5.32 Å². The monoisotopic (exact) mass is 178 g/mol. The summed E-state index contributed by atoms with van der Waals surface area (Å²) in [5.41, 5.74) is 5.27. The molecule has 0 bridgehead atoms. The van der Waals surface area contributed by atoms with Gasteiger partial charge in [-0.05, 0) is 19.5 Å². The van der Waals surface area contributed by atoms with Crippen molar-refractivity contribution >= 4 is 0 Å². The second-order valence-electron chi connectivity index (χ2n) is 2.38. The first-order chi connectivity index (χ1) is 5.76. The molecule has 1 atom stereocenters. The number of nitrogens with two attached hydrogens (primary N) is 1. The number of aliphatic hydroxyl groups is 1. The molecule has 1 unspecified atom stereocenters. The molecule has 12 heavy (non-hydrogen) atoms. The number of methoxy groups -OCH3 is 2. The third-order valence-electron chi connectivity index (χ3n) is 1.46. The first kappa shape index (κ1) is 11.8. The minimum absolute atomic E-state index is 0.602. The van der Waals surface area contributed by atoms with E-state index in [1.54, 1.807) is 0 Å². The van der Waals surface area contributed by atoms with Crippen molar-refractivity contribution in [3.8, 4) is 0 Å². The van der Waals surface area contributed by atoms with Crippen LogP contribution in [0.1, 0.15) is 6.42 Å². The molecule has 0 saturated heterocycles. The molecular weight excluding hydrogens is 160 g/mol. The summed E-state index contributed by atoms with van der Waals surface area (Å²) < 4.78 is 9.65. The fourth-order valence-electron chi connectivity index (χ4n) is 0.802. The van der Waals surface area contributed by atoms with Crippen LogP contribution in [0.25, 0.3) is 0 Å². The van der Waals surface area contributed by atoms with Gasteiger partial charge in [-0.1, -0.05) is 0 Å². The van der Waals surface area contributed by atoms with Gasteiger partial charge in [0.2, 0.25) is 0 Å². The zero-order chi connectivity index (χ0) is 9.40. The van der Waals surface area contributed by atoms with E-state index in [4.69, 9.17) is 15.2 Å². The van der Waals surface area contributed by atoms with Crippen molar-refractivity contribution in [3.63, 3.8) is 0 Å². The predicted octanol–water partition coefficient (Wildman–Crippen LogP) is -1.14. The summed E-state index contributed by atoms with van der Waals surface area (Å²) in [6.07, 6.45) is -0.605. The fourth-order valence-corrected chi connectivity index (χ4v) is 0.802. The molecule has 0 amide bonds. The lowest BCUT2D eigenvalue weighted by Crippen LogP contribution is -2.42. The van der Waals surface area contributed by atoms with E-state index in [1.807, 2.05) is 0 Å². The van der Waals surface area contributed by atoms with Crippen LogP contribution in [0.4, 0.5) is 0 Å². The molecule has 0 heterocycles. The smallest absolute Gasteiger partial charge is 0.196 e. The highest BCUT2D eigenvalue weighted by Crippen LogP contribution is 1.95. The SMILES string of the molecule is COC(OC)C(O)NCCCN. The number of rotatable bonds is 7. The summed E-state index contributed by atoms with van der Waals surface area (Å²) in [6, 6.07) is 0. The molecule has 0 rings (SSSR count). The van der Waals surface area contributed by atoms with E-state index in [-0.39, 0.29) is 0 Å². The number of hydrogen-bond acceptors (Lipinski definition) is 5. The fraction of sp³-hybridized carbons (Fsp3) is 1.00. The van der Waals surface area contributed by atoms with Gasteiger partial charge in [0.25, 0.3) is 0 Å². The molecule has 0 aliphatic rings. The molecule has 74 valence electrons. The van der Waals surface area contributed by atoms with Crippen molar-refractivity contribution in [2.45, 2.75) is 18.9 Å². The molecule has 0 fully saturated rings. The zero-order valence-corrected chi connectivity index (χ0v) is 7.62. The van der Waals surface area contributed by atoms with E-state index >= 15 is 0 Å². The molecule has 5 heteroatoms. The zero-order valence-electron chi connectivity index (χ0n) is 7.62. The summed E-state index contributed by atoms with van der Waals surface area (Å²) in [4.78, 5) is 0. The standard InChI is InChI=1S/C7H18N2O3/c1-11-7(12-2)6(10)9-5-3-4-8/h6-7,9-10H,3-5,8H2,1-2H3. The van der Waals surface area contributed by atoms with Crippen molar-refractivity contribution in [3.05, 3.63) is 0 Å². The average Bonchev–Trinajstić information content (AvgIpc) is 2.07. The highest BCUT2D eigenvalue weighted by atomic mass is 16.7. The lowest BCUT2D eigenvalue weighted by molar-refractivity contribution is -0.172. The van der Waals surface area contributed by atoms with E-state index < -0.39 is 12.5 Å². The lowest BCUT2D eigenvalue weighted by atomic mass is 10.4. The highest BCUT2D eigenvalue weighted by Gasteiger charge is 2.15. The van der Waals surface area contributed by atoms with E-state index in [2.05, 4.69) is 5.32 Å². The van der Waals surface area contributed by atoms with Crippen LogP contribution in [-0.4, -0.2) is 44.9 Å². The van der Waals surface area contributed by atoms with Crippen molar-refractivity contribution < 1.29 is 14.6 Å². The van der Waals surface area contributed by atoms with Crippen LogP contribution in [0.2, 0.25) is 0 Å². The maximum atomic E-state index is 9.33. The van der Waals surface area contributed by atoms with Gasteiger partial charge >= 0.3 is 0 Å². The number of nitrogens with one attached hydrogen (secondary N) is 1. The summed E-state index contributed by atoms with van der Waals surface area (Å²) in [5, 5.41) is 12.1. The van der Waals surface area contributed by atoms with Gasteiger partial charge in [0.1, 0.15) is 0 Å². The van der Waals surface area contributed by atoms with Crippen LogP contribution in [0, 0.1) is 0 Å². The maximum Gasteiger partial charge on any atom is 0.196 e. The van der Waals surface area contributed by atoms with E-state index in [1.165, 1.54) is 14.2 Å². The molecule has 0 aliphatic heterocycles. The average molecular weight is 178 g/mol. The van der Waals surface area contributed by atoms with Gasteiger partial charge in [0, 0.05) is 14.2 Å². The summed E-state index contributed by atoms with van der Waals surface area (Å²) in [7, 11) is 2.95. The normalized spacial score (nSPS) is 13.8. The third kappa shape index (κ3) is 4.63. The Kier molecular flexibility index (Phi) is 7.33.